The Morgan fingerprint density at radius 3 is 2.80 bits per heavy atom. The number of rotatable bonds is 4. The van der Waals surface area contributed by atoms with E-state index in [2.05, 4.69) is 5.10 Å². The Balaban J connectivity index is 2.43. The lowest BCUT2D eigenvalue weighted by molar-refractivity contribution is -0.385. The van der Waals surface area contributed by atoms with E-state index in [1.807, 2.05) is 0 Å². The predicted octanol–water partition coefficient (Wildman–Crippen LogP) is 2.13. The number of carboxylic acid groups (broad SMARTS) is 1. The number of aryl methyl sites for hydroxylation is 1. The van der Waals surface area contributed by atoms with Crippen molar-refractivity contribution in [2.24, 2.45) is 7.05 Å². The number of carbonyl (C=O) groups is 1. The van der Waals surface area contributed by atoms with Gasteiger partial charge in [-0.15, -0.1) is 5.10 Å². The first-order valence-corrected chi connectivity index (χ1v) is 5.59. The number of aromatic carboxylic acids is 1. The van der Waals surface area contributed by atoms with Crippen LogP contribution in [0.2, 0.25) is 0 Å². The summed E-state index contributed by atoms with van der Waals surface area (Å²) in [6.45, 7) is 1.56. The first-order chi connectivity index (χ1) is 9.40. The van der Waals surface area contributed by atoms with Gasteiger partial charge in [-0.1, -0.05) is 6.07 Å². The minimum absolute atomic E-state index is 0.0704. The van der Waals surface area contributed by atoms with Crippen LogP contribution in [0.3, 0.4) is 0 Å². The quantitative estimate of drug-likeness (QED) is 0.677. The van der Waals surface area contributed by atoms with Crippen molar-refractivity contribution in [1.82, 2.24) is 9.78 Å². The number of aromatic nitrogens is 2. The molecule has 0 aliphatic heterocycles. The molecule has 2 rings (SSSR count). The molecular weight excluding hydrogens is 266 g/mol. The molecule has 2 aromatic rings. The zero-order valence-electron chi connectivity index (χ0n) is 10.7. The van der Waals surface area contributed by atoms with Crippen molar-refractivity contribution in [2.45, 2.75) is 6.92 Å². The van der Waals surface area contributed by atoms with E-state index in [1.54, 1.807) is 6.92 Å². The molecule has 0 radical (unpaired) electrons. The van der Waals surface area contributed by atoms with Gasteiger partial charge in [-0.3, -0.25) is 14.8 Å². The number of hydrogen-bond donors (Lipinski definition) is 1. The first-order valence-electron chi connectivity index (χ1n) is 5.59. The lowest BCUT2D eigenvalue weighted by Crippen LogP contribution is -2.01. The van der Waals surface area contributed by atoms with Gasteiger partial charge in [0.05, 0.1) is 10.5 Å². The summed E-state index contributed by atoms with van der Waals surface area (Å²) >= 11 is 0. The van der Waals surface area contributed by atoms with Gasteiger partial charge >= 0.3 is 17.5 Å². The fourth-order valence-corrected chi connectivity index (χ4v) is 1.71. The third kappa shape index (κ3) is 2.44. The average Bonchev–Trinajstić information content (AvgIpc) is 2.73. The van der Waals surface area contributed by atoms with E-state index in [1.165, 1.54) is 36.1 Å². The molecule has 0 saturated carbocycles. The third-order valence-corrected chi connectivity index (χ3v) is 2.69. The summed E-state index contributed by atoms with van der Waals surface area (Å²) in [5, 5.41) is 23.7. The van der Waals surface area contributed by atoms with Crippen LogP contribution in [-0.2, 0) is 7.05 Å². The second-order valence-electron chi connectivity index (χ2n) is 4.09. The molecule has 0 fully saturated rings. The predicted molar refractivity (Wildman–Crippen MR) is 68.1 cm³/mol. The Kier molecular flexibility index (Phi) is 3.38. The summed E-state index contributed by atoms with van der Waals surface area (Å²) in [6, 6.07) is 4.46. The topological polar surface area (TPSA) is 107 Å². The van der Waals surface area contributed by atoms with Gasteiger partial charge in [-0.2, -0.15) is 0 Å². The smallest absolute Gasteiger partial charge is 0.350 e. The summed E-state index contributed by atoms with van der Waals surface area (Å²) in [5.41, 5.74) is 0.161. The summed E-state index contributed by atoms with van der Waals surface area (Å²) < 4.78 is 6.63. The lowest BCUT2D eigenvalue weighted by atomic mass is 10.1. The molecule has 0 atom stereocenters. The molecule has 0 amide bonds. The molecule has 0 saturated heterocycles. The zero-order chi connectivity index (χ0) is 14.9. The van der Waals surface area contributed by atoms with E-state index in [-0.39, 0.29) is 22.9 Å². The van der Waals surface area contributed by atoms with E-state index in [9.17, 15) is 14.9 Å². The summed E-state index contributed by atoms with van der Waals surface area (Å²) in [7, 11) is 1.53. The Morgan fingerprint density at radius 2 is 2.20 bits per heavy atom. The zero-order valence-corrected chi connectivity index (χ0v) is 10.7. The van der Waals surface area contributed by atoms with Crippen LogP contribution in [-0.4, -0.2) is 25.8 Å². The highest BCUT2D eigenvalue weighted by molar-refractivity contribution is 5.90. The highest BCUT2D eigenvalue weighted by Crippen LogP contribution is 2.32. The van der Waals surface area contributed by atoms with Gasteiger partial charge in [-0.05, 0) is 19.1 Å². The normalized spacial score (nSPS) is 10.3. The van der Waals surface area contributed by atoms with Crippen LogP contribution in [0.15, 0.2) is 24.4 Å². The van der Waals surface area contributed by atoms with Crippen LogP contribution >= 0.6 is 0 Å². The molecule has 1 heterocycles. The lowest BCUT2D eigenvalue weighted by Gasteiger charge is -2.07. The minimum Gasteiger partial charge on any atom is -0.478 e. The van der Waals surface area contributed by atoms with Crippen molar-refractivity contribution in [3.8, 4) is 11.6 Å². The molecule has 0 aliphatic carbocycles. The van der Waals surface area contributed by atoms with E-state index < -0.39 is 10.9 Å². The third-order valence-electron chi connectivity index (χ3n) is 2.69. The Bertz CT molecular complexity index is 692. The maximum absolute atomic E-state index is 11.0. The fourth-order valence-electron chi connectivity index (χ4n) is 1.71. The van der Waals surface area contributed by atoms with Gasteiger partial charge < -0.3 is 9.84 Å². The second kappa shape index (κ2) is 5.00. The number of benzene rings is 1. The van der Waals surface area contributed by atoms with Crippen LogP contribution < -0.4 is 4.74 Å². The number of carboxylic acids is 1. The van der Waals surface area contributed by atoms with Crippen molar-refractivity contribution < 1.29 is 19.6 Å². The van der Waals surface area contributed by atoms with Crippen LogP contribution in [0.25, 0.3) is 0 Å². The van der Waals surface area contributed by atoms with Gasteiger partial charge in [0.25, 0.3) is 0 Å². The molecule has 1 N–H and O–H groups in total. The van der Waals surface area contributed by atoms with Crippen LogP contribution in [0.1, 0.15) is 15.9 Å². The van der Waals surface area contributed by atoms with Crippen LogP contribution in [0.5, 0.6) is 11.6 Å². The Labute approximate surface area is 113 Å². The van der Waals surface area contributed by atoms with E-state index in [0.29, 0.717) is 5.56 Å². The molecule has 0 unspecified atom stereocenters. The molecule has 1 aromatic carbocycles. The molecule has 8 heteroatoms. The van der Waals surface area contributed by atoms with Gasteiger partial charge in [0.2, 0.25) is 0 Å². The van der Waals surface area contributed by atoms with Crippen molar-refractivity contribution in [2.75, 3.05) is 0 Å². The van der Waals surface area contributed by atoms with E-state index in [4.69, 9.17) is 9.84 Å². The molecule has 20 heavy (non-hydrogen) atoms. The molecule has 0 aliphatic rings. The monoisotopic (exact) mass is 277 g/mol. The van der Waals surface area contributed by atoms with Crippen molar-refractivity contribution >= 4 is 11.7 Å². The maximum atomic E-state index is 11.0. The van der Waals surface area contributed by atoms with E-state index in [0.717, 1.165) is 0 Å². The molecule has 8 nitrogen and oxygen atoms in total. The van der Waals surface area contributed by atoms with E-state index >= 15 is 0 Å². The SMILES string of the molecule is Cc1c(Oc2nn(C)cc2[N+](=O)[O-])cccc1C(=O)O. The van der Waals surface area contributed by atoms with Gasteiger partial charge in [0.15, 0.2) is 0 Å². The Hall–Kier alpha value is -2.90. The van der Waals surface area contributed by atoms with Crippen molar-refractivity contribution in [3.05, 3.63) is 45.6 Å². The first kappa shape index (κ1) is 13.5. The highest BCUT2D eigenvalue weighted by atomic mass is 16.6. The summed E-state index contributed by atoms with van der Waals surface area (Å²) in [6.07, 6.45) is 1.21. The Morgan fingerprint density at radius 1 is 1.50 bits per heavy atom. The van der Waals surface area contributed by atoms with Gasteiger partial charge in [0, 0.05) is 12.6 Å². The molecule has 1 aromatic heterocycles. The molecular formula is C12H11N3O5. The number of ether oxygens (including phenoxy) is 1. The minimum atomic E-state index is -1.09. The standard InChI is InChI=1S/C12H11N3O5/c1-7-8(12(16)17)4-3-5-10(7)20-11-9(15(18)19)6-14(2)13-11/h3-6H,1-2H3,(H,16,17). The fraction of sp³-hybridized carbons (Fsp3) is 0.167. The maximum Gasteiger partial charge on any atom is 0.350 e. The number of nitro groups is 1. The number of nitrogens with zero attached hydrogens (tertiary/aromatic N) is 3. The second-order valence-corrected chi connectivity index (χ2v) is 4.09. The van der Waals surface area contributed by atoms with Crippen LogP contribution in [0, 0.1) is 17.0 Å². The van der Waals surface area contributed by atoms with Crippen LogP contribution in [0.4, 0.5) is 5.69 Å². The summed E-state index contributed by atoms with van der Waals surface area (Å²) in [5.74, 6) is -1.06. The van der Waals surface area contributed by atoms with Crippen molar-refractivity contribution in [3.63, 3.8) is 0 Å². The molecule has 104 valence electrons. The van der Waals surface area contributed by atoms with Gasteiger partial charge in [-0.25, -0.2) is 4.79 Å². The molecule has 0 bridgehead atoms. The largest absolute Gasteiger partial charge is 0.478 e. The summed E-state index contributed by atoms with van der Waals surface area (Å²) in [4.78, 5) is 21.3. The van der Waals surface area contributed by atoms with Crippen molar-refractivity contribution in [1.29, 1.82) is 0 Å². The average molecular weight is 277 g/mol. The number of hydrogen-bond acceptors (Lipinski definition) is 5. The van der Waals surface area contributed by atoms with Gasteiger partial charge in [0.1, 0.15) is 11.9 Å². The molecule has 0 spiro atoms. The highest BCUT2D eigenvalue weighted by Gasteiger charge is 2.22.